The molecule has 2 amide bonds. The third-order valence-corrected chi connectivity index (χ3v) is 4.18. The number of urea groups is 1. The summed E-state index contributed by atoms with van der Waals surface area (Å²) in [7, 11) is 0. The first-order chi connectivity index (χ1) is 11.9. The van der Waals surface area contributed by atoms with Crippen molar-refractivity contribution in [2.45, 2.75) is 20.8 Å². The van der Waals surface area contributed by atoms with Crippen molar-refractivity contribution in [1.29, 1.82) is 0 Å². The monoisotopic (exact) mass is 354 g/mol. The van der Waals surface area contributed by atoms with Crippen LogP contribution in [0.4, 0.5) is 16.2 Å². The lowest BCUT2D eigenvalue weighted by molar-refractivity contribution is 0.262. The molecule has 2 aromatic carbocycles. The zero-order chi connectivity index (χ0) is 18.0. The van der Waals surface area contributed by atoms with Crippen molar-refractivity contribution < 1.29 is 4.79 Å². The fourth-order valence-electron chi connectivity index (χ4n) is 2.67. The molecule has 3 N–H and O–H groups in total. The molecular weight excluding hydrogens is 336 g/mol. The van der Waals surface area contributed by atoms with Crippen LogP contribution in [0.25, 0.3) is 11.3 Å². The van der Waals surface area contributed by atoms with Gasteiger partial charge in [0.15, 0.2) is 0 Å². The van der Waals surface area contributed by atoms with Crippen LogP contribution < -0.4 is 10.6 Å². The summed E-state index contributed by atoms with van der Waals surface area (Å²) in [6, 6.07) is 12.7. The number of aromatic amines is 1. The topological polar surface area (TPSA) is 69.8 Å². The van der Waals surface area contributed by atoms with Crippen molar-refractivity contribution in [3.8, 4) is 11.3 Å². The van der Waals surface area contributed by atoms with Crippen molar-refractivity contribution in [1.82, 2.24) is 10.2 Å². The van der Waals surface area contributed by atoms with Crippen LogP contribution in [-0.4, -0.2) is 16.2 Å². The van der Waals surface area contributed by atoms with Crippen molar-refractivity contribution >= 4 is 29.0 Å². The highest BCUT2D eigenvalue weighted by Crippen LogP contribution is 2.31. The number of anilines is 2. The fourth-order valence-corrected chi connectivity index (χ4v) is 2.79. The molecule has 0 bridgehead atoms. The van der Waals surface area contributed by atoms with E-state index in [0.717, 1.165) is 22.5 Å². The molecule has 0 aliphatic heterocycles. The van der Waals surface area contributed by atoms with Gasteiger partial charge >= 0.3 is 6.03 Å². The van der Waals surface area contributed by atoms with E-state index >= 15 is 0 Å². The number of nitrogens with one attached hydrogen (secondary N) is 3. The molecule has 0 aliphatic carbocycles. The summed E-state index contributed by atoms with van der Waals surface area (Å²) in [5, 5.41) is 13.6. The minimum absolute atomic E-state index is 0.335. The number of halogens is 1. The molecule has 1 aromatic heterocycles. The van der Waals surface area contributed by atoms with Gasteiger partial charge in [0.25, 0.3) is 0 Å². The SMILES string of the molecule is Cc1ccc(-c2n[nH]c(C)c2NC(=O)Nc2ccc(Cl)cc2)c(C)c1. The van der Waals surface area contributed by atoms with Crippen molar-refractivity contribution in [3.05, 3.63) is 64.3 Å². The maximum absolute atomic E-state index is 12.3. The van der Waals surface area contributed by atoms with E-state index in [9.17, 15) is 4.79 Å². The molecule has 25 heavy (non-hydrogen) atoms. The molecule has 0 saturated carbocycles. The Kier molecular flexibility index (Phi) is 4.76. The van der Waals surface area contributed by atoms with Crippen LogP contribution in [0.15, 0.2) is 42.5 Å². The van der Waals surface area contributed by atoms with E-state index in [1.165, 1.54) is 5.56 Å². The molecule has 0 spiro atoms. The minimum Gasteiger partial charge on any atom is -0.308 e. The largest absolute Gasteiger partial charge is 0.323 e. The van der Waals surface area contributed by atoms with Crippen LogP contribution in [0.5, 0.6) is 0 Å². The average molecular weight is 355 g/mol. The van der Waals surface area contributed by atoms with E-state index in [1.54, 1.807) is 24.3 Å². The molecule has 128 valence electrons. The van der Waals surface area contributed by atoms with E-state index in [0.29, 0.717) is 16.4 Å². The van der Waals surface area contributed by atoms with Gasteiger partial charge in [0.05, 0.1) is 11.4 Å². The molecule has 0 saturated heterocycles. The lowest BCUT2D eigenvalue weighted by atomic mass is 10.0. The second-order valence-corrected chi connectivity index (χ2v) is 6.41. The normalized spacial score (nSPS) is 10.6. The Balaban J connectivity index is 1.84. The summed E-state index contributed by atoms with van der Waals surface area (Å²) in [5.41, 5.74) is 6.12. The summed E-state index contributed by atoms with van der Waals surface area (Å²) < 4.78 is 0. The van der Waals surface area contributed by atoms with Gasteiger partial charge in [-0.3, -0.25) is 5.10 Å². The van der Waals surface area contributed by atoms with Crippen LogP contribution in [0.2, 0.25) is 5.02 Å². The molecule has 3 rings (SSSR count). The van der Waals surface area contributed by atoms with Gasteiger partial charge in [-0.25, -0.2) is 4.79 Å². The number of aryl methyl sites for hydroxylation is 3. The third kappa shape index (κ3) is 3.83. The van der Waals surface area contributed by atoms with Gasteiger partial charge in [-0.05, 0) is 50.6 Å². The molecule has 6 heteroatoms. The van der Waals surface area contributed by atoms with E-state index in [-0.39, 0.29) is 6.03 Å². The number of carbonyl (C=O) groups is 1. The number of benzene rings is 2. The predicted octanol–water partition coefficient (Wildman–Crippen LogP) is 5.30. The van der Waals surface area contributed by atoms with E-state index in [2.05, 4.69) is 26.9 Å². The first kappa shape index (κ1) is 17.0. The van der Waals surface area contributed by atoms with Gasteiger partial charge in [-0.1, -0.05) is 35.4 Å². The van der Waals surface area contributed by atoms with E-state index < -0.39 is 0 Å². The molecule has 0 fully saturated rings. The minimum atomic E-state index is -0.335. The second kappa shape index (κ2) is 6.99. The van der Waals surface area contributed by atoms with Crippen LogP contribution in [0.1, 0.15) is 16.8 Å². The average Bonchev–Trinajstić information content (AvgIpc) is 2.91. The lowest BCUT2D eigenvalue weighted by Crippen LogP contribution is -2.20. The molecule has 0 radical (unpaired) electrons. The van der Waals surface area contributed by atoms with Crippen LogP contribution in [0.3, 0.4) is 0 Å². The first-order valence-electron chi connectivity index (χ1n) is 7.90. The first-order valence-corrected chi connectivity index (χ1v) is 8.28. The number of hydrogen-bond donors (Lipinski definition) is 3. The standard InChI is InChI=1S/C19H19ClN4O/c1-11-4-9-16(12(2)10-11)18-17(13(3)23-24-18)22-19(25)21-15-7-5-14(20)6-8-15/h4-10H,1-3H3,(H,23,24)(H2,21,22,25). The van der Waals surface area contributed by atoms with Gasteiger partial charge in [0.2, 0.25) is 0 Å². The maximum Gasteiger partial charge on any atom is 0.323 e. The Bertz CT molecular complexity index is 916. The lowest BCUT2D eigenvalue weighted by Gasteiger charge is -2.10. The maximum atomic E-state index is 12.3. The number of rotatable bonds is 3. The summed E-state index contributed by atoms with van der Waals surface area (Å²) in [6.45, 7) is 5.95. The van der Waals surface area contributed by atoms with E-state index in [4.69, 9.17) is 11.6 Å². The third-order valence-electron chi connectivity index (χ3n) is 3.92. The molecule has 1 heterocycles. The zero-order valence-corrected chi connectivity index (χ0v) is 15.0. The van der Waals surface area contributed by atoms with Gasteiger partial charge in [0.1, 0.15) is 5.69 Å². The van der Waals surface area contributed by atoms with Crippen LogP contribution in [-0.2, 0) is 0 Å². The summed E-state index contributed by atoms with van der Waals surface area (Å²) in [6.07, 6.45) is 0. The van der Waals surface area contributed by atoms with E-state index in [1.807, 2.05) is 32.9 Å². The summed E-state index contributed by atoms with van der Waals surface area (Å²) in [4.78, 5) is 12.3. The Morgan fingerprint density at radius 1 is 1.04 bits per heavy atom. The highest BCUT2D eigenvalue weighted by Gasteiger charge is 2.16. The van der Waals surface area contributed by atoms with Crippen molar-refractivity contribution in [2.75, 3.05) is 10.6 Å². The van der Waals surface area contributed by atoms with Crippen LogP contribution >= 0.6 is 11.6 Å². The van der Waals surface area contributed by atoms with Crippen molar-refractivity contribution in [2.24, 2.45) is 0 Å². The number of nitrogens with zero attached hydrogens (tertiary/aromatic N) is 1. The number of aromatic nitrogens is 2. The number of hydrogen-bond acceptors (Lipinski definition) is 2. The molecule has 0 atom stereocenters. The quantitative estimate of drug-likeness (QED) is 0.597. The summed E-state index contributed by atoms with van der Waals surface area (Å²) in [5.74, 6) is 0. The van der Waals surface area contributed by atoms with Gasteiger partial charge < -0.3 is 10.6 Å². The van der Waals surface area contributed by atoms with Gasteiger partial charge in [-0.2, -0.15) is 5.10 Å². The van der Waals surface area contributed by atoms with Gasteiger partial charge in [0, 0.05) is 16.3 Å². The highest BCUT2D eigenvalue weighted by molar-refractivity contribution is 6.30. The Morgan fingerprint density at radius 2 is 1.76 bits per heavy atom. The predicted molar refractivity (Wildman–Crippen MR) is 102 cm³/mol. The molecule has 0 aliphatic rings. The smallest absolute Gasteiger partial charge is 0.308 e. The molecule has 5 nitrogen and oxygen atoms in total. The highest BCUT2D eigenvalue weighted by atomic mass is 35.5. The molecule has 3 aromatic rings. The number of amides is 2. The number of carbonyl (C=O) groups excluding carboxylic acids is 1. The Morgan fingerprint density at radius 3 is 2.44 bits per heavy atom. The fraction of sp³-hybridized carbons (Fsp3) is 0.158. The zero-order valence-electron chi connectivity index (χ0n) is 14.3. The Labute approximate surface area is 151 Å². The Hall–Kier alpha value is -2.79. The number of H-pyrrole nitrogens is 1. The summed E-state index contributed by atoms with van der Waals surface area (Å²) >= 11 is 5.86. The second-order valence-electron chi connectivity index (χ2n) is 5.98. The van der Waals surface area contributed by atoms with Gasteiger partial charge in [-0.15, -0.1) is 0 Å². The molecule has 0 unspecified atom stereocenters. The molecular formula is C19H19ClN4O. The van der Waals surface area contributed by atoms with Crippen LogP contribution in [0, 0.1) is 20.8 Å². The van der Waals surface area contributed by atoms with Crippen molar-refractivity contribution in [3.63, 3.8) is 0 Å².